The minimum Gasteiger partial charge on any atom is -0.550 e. The van der Waals surface area contributed by atoms with Crippen LogP contribution in [0.25, 0.3) is 0 Å². The Bertz CT molecular complexity index is 1110. The van der Waals surface area contributed by atoms with E-state index in [0.717, 1.165) is 51.9 Å². The van der Waals surface area contributed by atoms with E-state index in [1.807, 2.05) is 18.2 Å². The Morgan fingerprint density at radius 2 is 1.46 bits per heavy atom. The third kappa shape index (κ3) is 7.45. The van der Waals surface area contributed by atoms with E-state index in [-0.39, 0.29) is 6.42 Å². The number of hydrogen-bond donors (Lipinski definition) is 1. The number of nitrogens with two attached hydrogens (primary N) is 1. The van der Waals surface area contributed by atoms with Gasteiger partial charge in [0.2, 0.25) is 0 Å². The lowest BCUT2D eigenvalue weighted by atomic mass is 10.1. The number of alkyl halides is 3. The zero-order valence-corrected chi connectivity index (χ0v) is 21.6. The van der Waals surface area contributed by atoms with Crippen molar-refractivity contribution in [1.29, 1.82) is 0 Å². The summed E-state index contributed by atoms with van der Waals surface area (Å²) < 4.78 is 42.6. The van der Waals surface area contributed by atoms with Gasteiger partial charge in [-0.2, -0.15) is 13.2 Å². The number of carboxylic acid groups (broad SMARTS) is 2. The smallest absolute Gasteiger partial charge is 0.430 e. The largest absolute Gasteiger partial charge is 0.550 e. The summed E-state index contributed by atoms with van der Waals surface area (Å²) in [7, 11) is 3.19. The van der Waals surface area contributed by atoms with E-state index >= 15 is 0 Å². The van der Waals surface area contributed by atoms with Crippen LogP contribution in [0.2, 0.25) is 0 Å². The fourth-order valence-electron chi connectivity index (χ4n) is 3.90. The summed E-state index contributed by atoms with van der Waals surface area (Å²) in [5, 5.41) is 20.3. The Morgan fingerprint density at radius 3 is 1.89 bits per heavy atom. The van der Waals surface area contributed by atoms with Crippen molar-refractivity contribution in [2.24, 2.45) is 5.73 Å². The molecule has 37 heavy (non-hydrogen) atoms. The molecule has 0 unspecified atom stereocenters. The second-order valence-corrected chi connectivity index (χ2v) is 9.06. The second-order valence-electron chi connectivity index (χ2n) is 8.04. The van der Waals surface area contributed by atoms with Crippen molar-refractivity contribution in [2.75, 3.05) is 25.7 Å². The Hall–Kier alpha value is -3.12. The predicted molar refractivity (Wildman–Crippen MR) is 129 cm³/mol. The van der Waals surface area contributed by atoms with Crippen LogP contribution in [0.15, 0.2) is 34.1 Å². The third-order valence-electron chi connectivity index (χ3n) is 5.61. The molecular weight excluding hydrogens is 513 g/mol. The van der Waals surface area contributed by atoms with E-state index < -0.39 is 18.1 Å². The number of carboxylic acids is 2. The maximum absolute atomic E-state index is 11.5. The number of rotatable bonds is 10. The van der Waals surface area contributed by atoms with Crippen molar-refractivity contribution in [3.63, 3.8) is 0 Å². The van der Waals surface area contributed by atoms with Crippen LogP contribution >= 0.6 is 11.8 Å². The molecule has 0 fully saturated rings. The average molecular weight is 543 g/mol. The quantitative estimate of drug-likeness (QED) is 0.451. The number of aliphatic carboxylic acids is 2. The maximum atomic E-state index is 11.5. The van der Waals surface area contributed by atoms with Crippen LogP contribution in [0.1, 0.15) is 43.7 Å². The first kappa shape index (κ1) is 30.1. The van der Waals surface area contributed by atoms with Crippen molar-refractivity contribution >= 4 is 35.1 Å². The molecule has 0 saturated carbocycles. The normalized spacial score (nSPS) is 12.1. The summed E-state index contributed by atoms with van der Waals surface area (Å²) in [5.74, 6) is -2.85. The molecule has 0 aromatic heterocycles. The highest BCUT2D eigenvalue weighted by atomic mass is 32.2. The van der Waals surface area contributed by atoms with Gasteiger partial charge in [0.15, 0.2) is 0 Å². The van der Waals surface area contributed by atoms with Crippen LogP contribution < -0.4 is 30.3 Å². The van der Waals surface area contributed by atoms with Crippen molar-refractivity contribution in [1.82, 2.24) is 0 Å². The van der Waals surface area contributed by atoms with Crippen LogP contribution in [0, 0.1) is 0 Å². The van der Waals surface area contributed by atoms with E-state index in [9.17, 15) is 23.1 Å². The van der Waals surface area contributed by atoms with Gasteiger partial charge in [0, 0.05) is 46.4 Å². The van der Waals surface area contributed by atoms with Crippen LogP contribution in [-0.2, 0) is 22.6 Å². The van der Waals surface area contributed by atoms with Crippen molar-refractivity contribution in [3.8, 4) is 11.5 Å². The summed E-state index contributed by atoms with van der Waals surface area (Å²) in [5.41, 5.74) is 9.72. The number of carbonyl (C=O) groups excluding carboxylic acids is 2. The minimum atomic E-state index is -5.19. The van der Waals surface area contributed by atoms with E-state index in [0.29, 0.717) is 17.9 Å². The molecule has 0 spiro atoms. The summed E-state index contributed by atoms with van der Waals surface area (Å²) in [4.78, 5) is 24.4. The molecule has 0 radical (unpaired) electrons. The van der Waals surface area contributed by atoms with Gasteiger partial charge in [-0.05, 0) is 30.7 Å². The lowest BCUT2D eigenvalue weighted by molar-refractivity contribution is -0.344. The predicted octanol–water partition coefficient (Wildman–Crippen LogP) is 2.94. The number of hydrogen-bond acceptors (Lipinski definition) is 9. The summed E-state index contributed by atoms with van der Waals surface area (Å²) in [6, 6.07) is 7.87. The molecule has 2 aromatic rings. The molecule has 8 nitrogen and oxygen atoms in total. The van der Waals surface area contributed by atoms with Crippen LogP contribution in [0.3, 0.4) is 0 Å². The third-order valence-corrected chi connectivity index (χ3v) is 6.93. The molecule has 3 rings (SSSR count). The molecule has 0 aliphatic carbocycles. The first-order chi connectivity index (χ1) is 17.5. The highest BCUT2D eigenvalue weighted by Crippen LogP contribution is 2.54. The molecule has 0 saturated heterocycles. The monoisotopic (exact) mass is 542 g/mol. The van der Waals surface area contributed by atoms with Gasteiger partial charge in [0.1, 0.15) is 17.5 Å². The maximum Gasteiger partial charge on any atom is 0.430 e. The number of benzene rings is 2. The second kappa shape index (κ2) is 13.4. The average Bonchev–Trinajstić information content (AvgIpc) is 2.85. The number of nitrogens with zero attached hydrogens (tertiary/aromatic N) is 1. The highest BCUT2D eigenvalue weighted by molar-refractivity contribution is 7.99. The van der Waals surface area contributed by atoms with Gasteiger partial charge in [0.25, 0.3) is 0 Å². The van der Waals surface area contributed by atoms with Gasteiger partial charge in [0.05, 0.1) is 25.6 Å². The molecule has 1 aliphatic heterocycles. The molecule has 0 bridgehead atoms. The van der Waals surface area contributed by atoms with E-state index in [1.165, 1.54) is 24.6 Å². The van der Waals surface area contributed by atoms with Gasteiger partial charge < -0.3 is 39.9 Å². The highest BCUT2D eigenvalue weighted by Gasteiger charge is 2.30. The molecule has 0 atom stereocenters. The SMILES string of the molecule is CCCCCCN1c2ccc(OC)c(CN)c2Sc2c1ccc(OC)c2CC(=O)[O-].O=C([O-])C(F)(F)F. The number of fused-ring (bicyclic) bond motifs is 2. The number of ether oxygens (including phenoxy) is 2. The Balaban J connectivity index is 0.000000604. The van der Waals surface area contributed by atoms with Crippen LogP contribution in [0.5, 0.6) is 11.5 Å². The van der Waals surface area contributed by atoms with Gasteiger partial charge in [-0.3, -0.25) is 0 Å². The number of methoxy groups -OCH3 is 2. The molecule has 12 heteroatoms. The summed E-state index contributed by atoms with van der Waals surface area (Å²) >= 11 is 1.54. The lowest BCUT2D eigenvalue weighted by Crippen LogP contribution is -2.37. The zero-order chi connectivity index (χ0) is 27.8. The molecule has 2 N–H and O–H groups in total. The van der Waals surface area contributed by atoms with Gasteiger partial charge in [-0.15, -0.1) is 0 Å². The zero-order valence-electron chi connectivity index (χ0n) is 20.8. The molecule has 1 aliphatic rings. The molecule has 1 heterocycles. The first-order valence-electron chi connectivity index (χ1n) is 11.5. The first-order valence-corrected chi connectivity index (χ1v) is 12.3. The molecule has 204 valence electrons. The van der Waals surface area contributed by atoms with Gasteiger partial charge in [-0.1, -0.05) is 37.9 Å². The van der Waals surface area contributed by atoms with Crippen molar-refractivity contribution in [2.45, 2.75) is 61.5 Å². The van der Waals surface area contributed by atoms with Crippen molar-refractivity contribution < 1.29 is 42.4 Å². The topological polar surface area (TPSA) is 128 Å². The lowest BCUT2D eigenvalue weighted by Gasteiger charge is -2.36. The Morgan fingerprint density at radius 1 is 0.946 bits per heavy atom. The summed E-state index contributed by atoms with van der Waals surface area (Å²) in [6.45, 7) is 3.37. The van der Waals surface area contributed by atoms with Crippen molar-refractivity contribution in [3.05, 3.63) is 35.4 Å². The van der Waals surface area contributed by atoms with Crippen LogP contribution in [-0.4, -0.2) is 38.9 Å². The fourth-order valence-corrected chi connectivity index (χ4v) is 5.28. The number of halogens is 3. The number of unbranched alkanes of at least 4 members (excludes halogenated alkanes) is 3. The standard InChI is InChI=1S/C23H30N2O4S.C2HF3O2/c1-4-5-6-7-12-25-17-8-10-19(28-2)15(13-21(26)27)22(17)30-23-16(14-24)20(29-3)11-9-18(23)25;3-2(4,5)1(6)7/h8-11H,4-7,12-14,24H2,1-3H3,(H,26,27);(H,6,7)/p-2. The van der Waals surface area contributed by atoms with Gasteiger partial charge >= 0.3 is 6.18 Å². The van der Waals surface area contributed by atoms with E-state index in [2.05, 4.69) is 17.9 Å². The Labute approximate surface area is 217 Å². The number of anilines is 2. The summed E-state index contributed by atoms with van der Waals surface area (Å²) in [6.07, 6.45) is -0.849. The molecule has 2 aromatic carbocycles. The molecular formula is C25H29F3N2O6S-2. The Kier molecular flexibility index (Phi) is 10.9. The van der Waals surface area contributed by atoms with Gasteiger partial charge in [-0.25, -0.2) is 0 Å². The molecule has 0 amide bonds. The number of carbonyl (C=O) groups is 2. The van der Waals surface area contributed by atoms with E-state index in [4.69, 9.17) is 25.1 Å². The van der Waals surface area contributed by atoms with E-state index in [1.54, 1.807) is 14.2 Å². The minimum absolute atomic E-state index is 0.208. The van der Waals surface area contributed by atoms with Crippen LogP contribution in [0.4, 0.5) is 24.5 Å². The fraction of sp³-hybridized carbons (Fsp3) is 0.440.